The molecule has 0 bridgehead atoms. The van der Waals surface area contributed by atoms with Crippen LogP contribution in [0.1, 0.15) is 16.7 Å². The van der Waals surface area contributed by atoms with Crippen LogP contribution >= 0.6 is 11.6 Å². The van der Waals surface area contributed by atoms with Gasteiger partial charge in [-0.15, -0.1) is 0 Å². The fourth-order valence-corrected chi connectivity index (χ4v) is 1.56. The van der Waals surface area contributed by atoms with E-state index in [0.29, 0.717) is 0 Å². The minimum atomic E-state index is 0.725. The van der Waals surface area contributed by atoms with Crippen LogP contribution in [-0.2, 0) is 0 Å². The first-order valence-electron chi connectivity index (χ1n) is 5.09. The first-order valence-corrected chi connectivity index (χ1v) is 5.47. The maximum Gasteiger partial charge on any atom is 0.0418 e. The van der Waals surface area contributed by atoms with Gasteiger partial charge in [-0.1, -0.05) is 47.7 Å². The van der Waals surface area contributed by atoms with Crippen molar-refractivity contribution >= 4 is 11.6 Å². The van der Waals surface area contributed by atoms with E-state index in [9.17, 15) is 0 Å². The smallest absolute Gasteiger partial charge is 0.0418 e. The first kappa shape index (κ1) is 10.8. The van der Waals surface area contributed by atoms with E-state index in [-0.39, 0.29) is 0 Å². The average Bonchev–Trinajstić information content (AvgIpc) is 2.32. The van der Waals surface area contributed by atoms with Gasteiger partial charge in [-0.25, -0.2) is 0 Å². The van der Waals surface area contributed by atoms with Crippen LogP contribution < -0.4 is 0 Å². The van der Waals surface area contributed by atoms with E-state index in [2.05, 4.69) is 11.8 Å². The number of halogens is 1. The summed E-state index contributed by atoms with van der Waals surface area (Å²) in [5, 5.41) is 0.725. The maximum absolute atomic E-state index is 5.93. The third kappa shape index (κ3) is 2.66. The number of rotatable bonds is 0. The molecule has 2 aromatic carbocycles. The molecule has 0 aliphatic heterocycles. The molecule has 0 aliphatic rings. The Morgan fingerprint density at radius 3 is 2.44 bits per heavy atom. The molecule has 0 radical (unpaired) electrons. The van der Waals surface area contributed by atoms with Crippen LogP contribution in [0.2, 0.25) is 5.02 Å². The Morgan fingerprint density at radius 1 is 0.938 bits per heavy atom. The summed E-state index contributed by atoms with van der Waals surface area (Å²) in [6.07, 6.45) is 0. The summed E-state index contributed by atoms with van der Waals surface area (Å²) in [6, 6.07) is 15.7. The molecule has 0 aliphatic carbocycles. The van der Waals surface area contributed by atoms with Gasteiger partial charge in [0.25, 0.3) is 0 Å². The molecule has 0 atom stereocenters. The molecule has 16 heavy (non-hydrogen) atoms. The Balaban J connectivity index is 2.34. The highest BCUT2D eigenvalue weighted by molar-refractivity contribution is 6.30. The van der Waals surface area contributed by atoms with Gasteiger partial charge < -0.3 is 0 Å². The van der Waals surface area contributed by atoms with Crippen LogP contribution in [0.25, 0.3) is 0 Å². The van der Waals surface area contributed by atoms with Crippen molar-refractivity contribution in [2.45, 2.75) is 6.92 Å². The normalized spacial score (nSPS) is 9.38. The number of benzene rings is 2. The molecular formula is C15H11Cl. The SMILES string of the molecule is Cc1ccc(Cl)cc1C#Cc1ccccc1. The molecule has 0 unspecified atom stereocenters. The Morgan fingerprint density at radius 2 is 1.69 bits per heavy atom. The summed E-state index contributed by atoms with van der Waals surface area (Å²) < 4.78 is 0. The maximum atomic E-state index is 5.93. The fraction of sp³-hybridized carbons (Fsp3) is 0.0667. The molecule has 0 N–H and O–H groups in total. The molecule has 0 saturated heterocycles. The van der Waals surface area contributed by atoms with Gasteiger partial charge in [-0.05, 0) is 36.8 Å². The molecule has 0 heterocycles. The van der Waals surface area contributed by atoms with E-state index < -0.39 is 0 Å². The van der Waals surface area contributed by atoms with Crippen LogP contribution in [0.5, 0.6) is 0 Å². The van der Waals surface area contributed by atoms with Crippen molar-refractivity contribution in [1.29, 1.82) is 0 Å². The molecular weight excluding hydrogens is 216 g/mol. The van der Waals surface area contributed by atoms with Gasteiger partial charge in [0.05, 0.1) is 0 Å². The predicted molar refractivity (Wildman–Crippen MR) is 68.6 cm³/mol. The van der Waals surface area contributed by atoms with Crippen LogP contribution in [-0.4, -0.2) is 0 Å². The van der Waals surface area contributed by atoms with Crippen molar-refractivity contribution in [3.8, 4) is 11.8 Å². The number of hydrogen-bond donors (Lipinski definition) is 0. The van der Waals surface area contributed by atoms with E-state index in [0.717, 1.165) is 21.7 Å². The molecule has 0 nitrogen and oxygen atoms in total. The van der Waals surface area contributed by atoms with Crippen molar-refractivity contribution in [3.63, 3.8) is 0 Å². The van der Waals surface area contributed by atoms with E-state index in [1.165, 1.54) is 0 Å². The van der Waals surface area contributed by atoms with Gasteiger partial charge in [-0.3, -0.25) is 0 Å². The van der Waals surface area contributed by atoms with Crippen LogP contribution in [0.4, 0.5) is 0 Å². The van der Waals surface area contributed by atoms with Crippen molar-refractivity contribution in [2.75, 3.05) is 0 Å². The molecule has 2 rings (SSSR count). The molecule has 1 heteroatoms. The van der Waals surface area contributed by atoms with Gasteiger partial charge in [0.15, 0.2) is 0 Å². The lowest BCUT2D eigenvalue weighted by molar-refractivity contribution is 1.44. The first-order chi connectivity index (χ1) is 7.75. The molecule has 2 aromatic rings. The molecule has 0 aromatic heterocycles. The number of aryl methyl sites for hydroxylation is 1. The van der Waals surface area contributed by atoms with E-state index >= 15 is 0 Å². The highest BCUT2D eigenvalue weighted by Gasteiger charge is 1.95. The van der Waals surface area contributed by atoms with Gasteiger partial charge in [0.2, 0.25) is 0 Å². The summed E-state index contributed by atoms with van der Waals surface area (Å²) in [5.74, 6) is 6.26. The summed E-state index contributed by atoms with van der Waals surface area (Å²) in [6.45, 7) is 2.03. The third-order valence-corrected chi connectivity index (χ3v) is 2.55. The largest absolute Gasteiger partial charge is 0.0843 e. The standard InChI is InChI=1S/C15H11Cl/c1-12-7-10-15(16)11-14(12)9-8-13-5-3-2-4-6-13/h2-7,10-11H,1H3. The van der Waals surface area contributed by atoms with E-state index in [1.807, 2.05) is 55.5 Å². The van der Waals surface area contributed by atoms with Gasteiger partial charge in [-0.2, -0.15) is 0 Å². The lowest BCUT2D eigenvalue weighted by Crippen LogP contribution is -1.81. The minimum absolute atomic E-state index is 0.725. The second-order valence-electron chi connectivity index (χ2n) is 3.58. The Kier molecular flexibility index (Phi) is 3.29. The quantitative estimate of drug-likeness (QED) is 0.595. The lowest BCUT2D eigenvalue weighted by atomic mass is 10.1. The zero-order chi connectivity index (χ0) is 11.4. The highest BCUT2D eigenvalue weighted by Crippen LogP contribution is 2.14. The summed E-state index contributed by atoms with van der Waals surface area (Å²) in [5.41, 5.74) is 3.14. The monoisotopic (exact) mass is 226 g/mol. The summed E-state index contributed by atoms with van der Waals surface area (Å²) in [4.78, 5) is 0. The molecule has 0 saturated carbocycles. The van der Waals surface area contributed by atoms with E-state index in [4.69, 9.17) is 11.6 Å². The lowest BCUT2D eigenvalue weighted by Gasteiger charge is -1.97. The van der Waals surface area contributed by atoms with Crippen LogP contribution in [0.15, 0.2) is 48.5 Å². The molecule has 0 amide bonds. The molecule has 0 fully saturated rings. The Bertz CT molecular complexity index is 545. The van der Waals surface area contributed by atoms with Crippen molar-refractivity contribution < 1.29 is 0 Å². The molecule has 78 valence electrons. The van der Waals surface area contributed by atoms with Crippen LogP contribution in [0, 0.1) is 18.8 Å². The predicted octanol–water partition coefficient (Wildman–Crippen LogP) is 4.05. The summed E-state index contributed by atoms with van der Waals surface area (Å²) >= 11 is 5.93. The Labute approximate surface area is 101 Å². The van der Waals surface area contributed by atoms with E-state index in [1.54, 1.807) is 0 Å². The third-order valence-electron chi connectivity index (χ3n) is 2.31. The van der Waals surface area contributed by atoms with Gasteiger partial charge in [0, 0.05) is 16.1 Å². The second-order valence-corrected chi connectivity index (χ2v) is 4.01. The van der Waals surface area contributed by atoms with Gasteiger partial charge >= 0.3 is 0 Å². The average molecular weight is 227 g/mol. The zero-order valence-electron chi connectivity index (χ0n) is 9.00. The van der Waals surface area contributed by atoms with Gasteiger partial charge in [0.1, 0.15) is 0 Å². The second kappa shape index (κ2) is 4.88. The highest BCUT2D eigenvalue weighted by atomic mass is 35.5. The van der Waals surface area contributed by atoms with Crippen molar-refractivity contribution in [1.82, 2.24) is 0 Å². The summed E-state index contributed by atoms with van der Waals surface area (Å²) in [7, 11) is 0. The minimum Gasteiger partial charge on any atom is -0.0843 e. The fourth-order valence-electron chi connectivity index (χ4n) is 1.39. The zero-order valence-corrected chi connectivity index (χ0v) is 9.75. The number of hydrogen-bond acceptors (Lipinski definition) is 0. The van der Waals surface area contributed by atoms with Crippen molar-refractivity contribution in [2.24, 2.45) is 0 Å². The van der Waals surface area contributed by atoms with Crippen LogP contribution in [0.3, 0.4) is 0 Å². The Hall–Kier alpha value is -1.71. The molecule has 0 spiro atoms. The van der Waals surface area contributed by atoms with Crippen molar-refractivity contribution in [3.05, 3.63) is 70.2 Å². The topological polar surface area (TPSA) is 0 Å².